The van der Waals surface area contributed by atoms with E-state index in [0.717, 1.165) is 12.0 Å². The summed E-state index contributed by atoms with van der Waals surface area (Å²) in [5, 5.41) is 10.6. The van der Waals surface area contributed by atoms with Gasteiger partial charge in [0.15, 0.2) is 0 Å². The van der Waals surface area contributed by atoms with Gasteiger partial charge >= 0.3 is 0 Å². The van der Waals surface area contributed by atoms with Crippen molar-refractivity contribution in [3.05, 3.63) is 69.2 Å². The number of rotatable bonds is 3. The van der Waals surface area contributed by atoms with Gasteiger partial charge in [0.05, 0.1) is 6.10 Å². The molecule has 0 saturated carbocycles. The highest BCUT2D eigenvalue weighted by molar-refractivity contribution is 6.36. The van der Waals surface area contributed by atoms with E-state index in [4.69, 9.17) is 23.2 Å². The minimum Gasteiger partial charge on any atom is -0.389 e. The molecule has 2 aromatic carbocycles. The molecule has 0 aliphatic rings. The van der Waals surface area contributed by atoms with E-state index in [-0.39, 0.29) is 0 Å². The first-order valence-corrected chi connectivity index (χ1v) is 6.53. The first-order valence-electron chi connectivity index (χ1n) is 5.77. The van der Waals surface area contributed by atoms with Crippen LogP contribution in [-0.2, 0) is 6.42 Å². The lowest BCUT2D eigenvalue weighted by Gasteiger charge is -2.12. The van der Waals surface area contributed by atoms with Crippen LogP contribution in [0, 0.1) is 0 Å². The van der Waals surface area contributed by atoms with Crippen molar-refractivity contribution in [2.24, 2.45) is 0 Å². The van der Waals surface area contributed by atoms with E-state index in [2.05, 4.69) is 12.1 Å². The van der Waals surface area contributed by atoms with E-state index < -0.39 is 6.10 Å². The van der Waals surface area contributed by atoms with Crippen molar-refractivity contribution in [3.63, 3.8) is 0 Å². The predicted molar refractivity (Wildman–Crippen MR) is 76.3 cm³/mol. The molecular weight excluding hydrogens is 267 g/mol. The fraction of sp³-hybridized carbons (Fsp3) is 0.200. The lowest BCUT2D eigenvalue weighted by atomic mass is 10.0. The Labute approximate surface area is 117 Å². The highest BCUT2D eigenvalue weighted by atomic mass is 35.5. The van der Waals surface area contributed by atoms with Crippen LogP contribution in [0.1, 0.15) is 29.7 Å². The molecule has 0 spiro atoms. The molecule has 94 valence electrons. The molecule has 1 atom stereocenters. The van der Waals surface area contributed by atoms with E-state index in [1.807, 2.05) is 30.3 Å². The summed E-state index contributed by atoms with van der Waals surface area (Å²) < 4.78 is 0. The van der Waals surface area contributed by atoms with Crippen LogP contribution < -0.4 is 0 Å². The summed E-state index contributed by atoms with van der Waals surface area (Å²) in [7, 11) is 0. The van der Waals surface area contributed by atoms with E-state index in [9.17, 15) is 5.11 Å². The minimum absolute atomic E-state index is 0.517. The summed E-state index contributed by atoms with van der Waals surface area (Å²) >= 11 is 12.3. The summed E-state index contributed by atoms with van der Waals surface area (Å²) in [6.07, 6.45) is 0.121. The Morgan fingerprint density at radius 1 is 1.00 bits per heavy atom. The third-order valence-corrected chi connectivity index (χ3v) is 3.43. The third kappa shape index (κ3) is 3.05. The van der Waals surface area contributed by atoms with Gasteiger partial charge in [0.25, 0.3) is 0 Å². The SMILES string of the molecule is CC(O)c1c(Cl)cc(Cc2ccccc2)cc1Cl. The van der Waals surface area contributed by atoms with Gasteiger partial charge in [-0.2, -0.15) is 0 Å². The Morgan fingerprint density at radius 3 is 2.06 bits per heavy atom. The van der Waals surface area contributed by atoms with Gasteiger partial charge in [-0.15, -0.1) is 0 Å². The zero-order chi connectivity index (χ0) is 13.1. The zero-order valence-electron chi connectivity index (χ0n) is 10.0. The van der Waals surface area contributed by atoms with Crippen molar-refractivity contribution in [1.29, 1.82) is 0 Å². The van der Waals surface area contributed by atoms with Crippen LogP contribution >= 0.6 is 23.2 Å². The molecule has 18 heavy (non-hydrogen) atoms. The lowest BCUT2D eigenvalue weighted by Crippen LogP contribution is -1.96. The van der Waals surface area contributed by atoms with Crippen molar-refractivity contribution in [2.75, 3.05) is 0 Å². The Balaban J connectivity index is 2.31. The van der Waals surface area contributed by atoms with Gasteiger partial charge in [0, 0.05) is 15.6 Å². The Bertz CT molecular complexity index is 512. The van der Waals surface area contributed by atoms with Gasteiger partial charge in [-0.05, 0) is 36.6 Å². The topological polar surface area (TPSA) is 20.2 Å². The Hall–Kier alpha value is -1.02. The van der Waals surface area contributed by atoms with Gasteiger partial charge in [0.2, 0.25) is 0 Å². The summed E-state index contributed by atoms with van der Waals surface area (Å²) in [6, 6.07) is 13.8. The average molecular weight is 281 g/mol. The van der Waals surface area contributed by atoms with Crippen LogP contribution in [0.3, 0.4) is 0 Å². The normalized spacial score (nSPS) is 12.4. The number of aliphatic hydroxyl groups is 1. The van der Waals surface area contributed by atoms with Gasteiger partial charge < -0.3 is 5.11 Å². The maximum Gasteiger partial charge on any atom is 0.0791 e. The maximum atomic E-state index is 9.60. The molecule has 2 rings (SSSR count). The molecular formula is C15H14Cl2O. The second-order valence-corrected chi connectivity index (χ2v) is 5.13. The third-order valence-electron chi connectivity index (χ3n) is 2.81. The van der Waals surface area contributed by atoms with Crippen LogP contribution in [0.4, 0.5) is 0 Å². The van der Waals surface area contributed by atoms with Crippen LogP contribution in [0.15, 0.2) is 42.5 Å². The molecule has 1 nitrogen and oxygen atoms in total. The van der Waals surface area contributed by atoms with Crippen molar-refractivity contribution in [1.82, 2.24) is 0 Å². The van der Waals surface area contributed by atoms with Gasteiger partial charge in [-0.1, -0.05) is 53.5 Å². The van der Waals surface area contributed by atoms with Crippen LogP contribution in [0.2, 0.25) is 10.0 Å². The average Bonchev–Trinajstić information content (AvgIpc) is 2.28. The lowest BCUT2D eigenvalue weighted by molar-refractivity contribution is 0.199. The number of hydrogen-bond acceptors (Lipinski definition) is 1. The summed E-state index contributed by atoms with van der Waals surface area (Å²) in [4.78, 5) is 0. The fourth-order valence-electron chi connectivity index (χ4n) is 1.97. The fourth-order valence-corrected chi connectivity index (χ4v) is 2.82. The zero-order valence-corrected chi connectivity index (χ0v) is 11.5. The standard InChI is InChI=1S/C15H14Cl2O/c1-10(18)15-13(16)8-12(9-14(15)17)7-11-5-3-2-4-6-11/h2-6,8-10,18H,7H2,1H3. The number of aliphatic hydroxyl groups excluding tert-OH is 1. The monoisotopic (exact) mass is 280 g/mol. The van der Waals surface area contributed by atoms with Gasteiger partial charge in [-0.3, -0.25) is 0 Å². The molecule has 2 aromatic rings. The molecule has 1 N–H and O–H groups in total. The minimum atomic E-state index is -0.657. The number of halogens is 2. The predicted octanol–water partition coefficient (Wildman–Crippen LogP) is 4.64. The molecule has 0 aliphatic heterocycles. The second-order valence-electron chi connectivity index (χ2n) is 4.31. The molecule has 0 heterocycles. The van der Waals surface area contributed by atoms with Crippen molar-refractivity contribution in [2.45, 2.75) is 19.4 Å². The molecule has 3 heteroatoms. The highest BCUT2D eigenvalue weighted by Gasteiger charge is 2.12. The molecule has 0 bridgehead atoms. The van der Waals surface area contributed by atoms with Crippen molar-refractivity contribution < 1.29 is 5.11 Å². The summed E-state index contributed by atoms with van der Waals surface area (Å²) in [5.41, 5.74) is 2.84. The van der Waals surface area contributed by atoms with E-state index >= 15 is 0 Å². The van der Waals surface area contributed by atoms with Crippen LogP contribution in [-0.4, -0.2) is 5.11 Å². The molecule has 0 amide bonds. The highest BCUT2D eigenvalue weighted by Crippen LogP contribution is 2.32. The number of benzene rings is 2. The molecule has 0 saturated heterocycles. The smallest absolute Gasteiger partial charge is 0.0791 e. The van der Waals surface area contributed by atoms with Gasteiger partial charge in [0.1, 0.15) is 0 Å². The summed E-state index contributed by atoms with van der Waals surface area (Å²) in [5.74, 6) is 0. The van der Waals surface area contributed by atoms with Crippen molar-refractivity contribution >= 4 is 23.2 Å². The van der Waals surface area contributed by atoms with Crippen molar-refractivity contribution in [3.8, 4) is 0 Å². The van der Waals surface area contributed by atoms with E-state index in [0.29, 0.717) is 15.6 Å². The number of hydrogen-bond donors (Lipinski definition) is 1. The van der Waals surface area contributed by atoms with Gasteiger partial charge in [-0.25, -0.2) is 0 Å². The van der Waals surface area contributed by atoms with Crippen LogP contribution in [0.5, 0.6) is 0 Å². The maximum absolute atomic E-state index is 9.60. The largest absolute Gasteiger partial charge is 0.389 e. The first kappa shape index (κ1) is 13.4. The van der Waals surface area contributed by atoms with Crippen LogP contribution in [0.25, 0.3) is 0 Å². The molecule has 1 unspecified atom stereocenters. The molecule has 0 fully saturated rings. The first-order chi connectivity index (χ1) is 8.58. The Morgan fingerprint density at radius 2 is 1.56 bits per heavy atom. The Kier molecular flexibility index (Phi) is 4.28. The molecule has 0 radical (unpaired) electrons. The molecule has 0 aromatic heterocycles. The summed E-state index contributed by atoms with van der Waals surface area (Å²) in [6.45, 7) is 1.66. The second kappa shape index (κ2) is 5.75. The van der Waals surface area contributed by atoms with E-state index in [1.165, 1.54) is 5.56 Å². The quantitative estimate of drug-likeness (QED) is 0.869. The van der Waals surface area contributed by atoms with E-state index in [1.54, 1.807) is 6.92 Å². The molecule has 0 aliphatic carbocycles.